The molecule has 2 aliphatic heterocycles. The molecule has 0 bridgehead atoms. The van der Waals surface area contributed by atoms with Crippen molar-refractivity contribution in [1.29, 1.82) is 0 Å². The number of nitrogens with zero attached hydrogens (tertiary/aromatic N) is 4. The van der Waals surface area contributed by atoms with Crippen LogP contribution >= 0.6 is 0 Å². The topological polar surface area (TPSA) is 58.6 Å². The number of hydrogen-bond acceptors (Lipinski definition) is 5. The second kappa shape index (κ2) is 8.69. The van der Waals surface area contributed by atoms with Crippen LogP contribution in [0.4, 0.5) is 13.2 Å². The molecular weight excluding hydrogens is 397 g/mol. The summed E-state index contributed by atoms with van der Waals surface area (Å²) in [6, 6.07) is 5.05. The molecule has 1 aromatic heterocycles. The predicted molar refractivity (Wildman–Crippen MR) is 103 cm³/mol. The first-order valence-corrected chi connectivity index (χ1v) is 10.0. The molecule has 0 N–H and O–H groups in total. The second-order valence-electron chi connectivity index (χ2n) is 7.55. The number of rotatable bonds is 4. The molecule has 1 unspecified atom stereocenters. The van der Waals surface area contributed by atoms with Crippen LogP contribution in [0, 0.1) is 0 Å². The van der Waals surface area contributed by atoms with E-state index in [1.54, 1.807) is 6.07 Å². The average molecular weight is 420 g/mol. The van der Waals surface area contributed by atoms with E-state index in [-0.39, 0.29) is 5.91 Å². The summed E-state index contributed by atoms with van der Waals surface area (Å²) in [6.45, 7) is 3.38. The first-order valence-electron chi connectivity index (χ1n) is 10.0. The van der Waals surface area contributed by atoms with Crippen LogP contribution in [0.5, 0.6) is 0 Å². The first kappa shape index (κ1) is 20.7. The minimum absolute atomic E-state index is 0.102. The van der Waals surface area contributed by atoms with E-state index >= 15 is 0 Å². The van der Waals surface area contributed by atoms with Crippen LogP contribution in [0.3, 0.4) is 0 Å². The van der Waals surface area contributed by atoms with Crippen molar-refractivity contribution < 1.29 is 22.7 Å². The Bertz CT molecular complexity index is 900. The second-order valence-corrected chi connectivity index (χ2v) is 7.55. The van der Waals surface area contributed by atoms with Crippen LogP contribution in [0.2, 0.25) is 0 Å². The van der Waals surface area contributed by atoms with Gasteiger partial charge in [0, 0.05) is 44.1 Å². The van der Waals surface area contributed by atoms with Crippen LogP contribution in [0.25, 0.3) is 11.3 Å². The van der Waals surface area contributed by atoms with Crippen LogP contribution in [0.1, 0.15) is 30.2 Å². The molecule has 2 aliphatic rings. The number of morpholine rings is 1. The number of aromatic nitrogens is 2. The van der Waals surface area contributed by atoms with Gasteiger partial charge in [0.15, 0.2) is 0 Å². The van der Waals surface area contributed by atoms with E-state index in [1.807, 2.05) is 9.80 Å². The monoisotopic (exact) mass is 420 g/mol. The van der Waals surface area contributed by atoms with Crippen molar-refractivity contribution in [2.24, 2.45) is 0 Å². The van der Waals surface area contributed by atoms with Crippen LogP contribution in [0.15, 0.2) is 36.7 Å². The highest BCUT2D eigenvalue weighted by Gasteiger charge is 2.32. The summed E-state index contributed by atoms with van der Waals surface area (Å²) >= 11 is 0. The van der Waals surface area contributed by atoms with Crippen molar-refractivity contribution >= 4 is 5.91 Å². The van der Waals surface area contributed by atoms with Gasteiger partial charge in [0.25, 0.3) is 0 Å². The fourth-order valence-corrected chi connectivity index (χ4v) is 3.92. The quantitative estimate of drug-likeness (QED) is 0.761. The maximum Gasteiger partial charge on any atom is 0.416 e. The highest BCUT2D eigenvalue weighted by molar-refractivity contribution is 5.78. The Hall–Kier alpha value is -2.52. The average Bonchev–Trinajstić information content (AvgIpc) is 3.29. The van der Waals surface area contributed by atoms with Gasteiger partial charge in [0.1, 0.15) is 6.10 Å². The first-order chi connectivity index (χ1) is 14.4. The van der Waals surface area contributed by atoms with E-state index in [2.05, 4.69) is 9.97 Å². The lowest BCUT2D eigenvalue weighted by molar-refractivity contribution is -0.137. The Kier molecular flexibility index (Phi) is 6.01. The molecule has 9 heteroatoms. The van der Waals surface area contributed by atoms with Crippen LogP contribution < -0.4 is 0 Å². The van der Waals surface area contributed by atoms with Crippen molar-refractivity contribution in [3.8, 4) is 11.3 Å². The SMILES string of the molecule is O=C(CN1CCOC(c2nccnc2-c2cccc(C(F)(F)F)c2)C1)N1CCCC1. The predicted octanol–water partition coefficient (Wildman–Crippen LogP) is 3.16. The van der Waals surface area contributed by atoms with Gasteiger partial charge in [-0.1, -0.05) is 12.1 Å². The number of halogens is 3. The van der Waals surface area contributed by atoms with E-state index in [1.165, 1.54) is 18.5 Å². The molecule has 4 rings (SSSR count). The molecule has 1 amide bonds. The summed E-state index contributed by atoms with van der Waals surface area (Å²) in [5.41, 5.74) is 0.442. The van der Waals surface area contributed by atoms with Gasteiger partial charge in [-0.2, -0.15) is 13.2 Å². The summed E-state index contributed by atoms with van der Waals surface area (Å²) in [4.78, 5) is 25.0. The molecule has 1 atom stereocenters. The minimum Gasteiger partial charge on any atom is -0.369 e. The van der Waals surface area contributed by atoms with Gasteiger partial charge in [0.2, 0.25) is 5.91 Å². The molecule has 3 heterocycles. The summed E-state index contributed by atoms with van der Waals surface area (Å²) in [7, 11) is 0. The zero-order valence-corrected chi connectivity index (χ0v) is 16.4. The van der Waals surface area contributed by atoms with E-state index in [9.17, 15) is 18.0 Å². The molecule has 160 valence electrons. The molecule has 6 nitrogen and oxygen atoms in total. The lowest BCUT2D eigenvalue weighted by Gasteiger charge is -2.33. The van der Waals surface area contributed by atoms with E-state index < -0.39 is 17.8 Å². The number of likely N-dealkylation sites (tertiary alicyclic amines) is 1. The molecule has 2 saturated heterocycles. The number of ether oxygens (including phenoxy) is 1. The largest absolute Gasteiger partial charge is 0.416 e. The van der Waals surface area contributed by atoms with Gasteiger partial charge < -0.3 is 9.64 Å². The molecule has 30 heavy (non-hydrogen) atoms. The van der Waals surface area contributed by atoms with Crippen molar-refractivity contribution in [1.82, 2.24) is 19.8 Å². The fraction of sp³-hybridized carbons (Fsp3) is 0.476. The summed E-state index contributed by atoms with van der Waals surface area (Å²) < 4.78 is 45.3. The number of alkyl halides is 3. The Balaban J connectivity index is 1.54. The molecule has 2 fully saturated rings. The van der Waals surface area contributed by atoms with Gasteiger partial charge in [-0.3, -0.25) is 19.7 Å². The lowest BCUT2D eigenvalue weighted by atomic mass is 10.0. The number of hydrogen-bond donors (Lipinski definition) is 0. The molecule has 0 radical (unpaired) electrons. The van der Waals surface area contributed by atoms with Crippen molar-refractivity contribution in [3.05, 3.63) is 47.9 Å². The van der Waals surface area contributed by atoms with Crippen LogP contribution in [-0.4, -0.2) is 65.0 Å². The minimum atomic E-state index is -4.44. The summed E-state index contributed by atoms with van der Waals surface area (Å²) in [5.74, 6) is 0.102. The van der Waals surface area contributed by atoms with Gasteiger partial charge in [-0.15, -0.1) is 0 Å². The molecular formula is C21H23F3N4O2. The van der Waals surface area contributed by atoms with Crippen molar-refractivity contribution in [3.63, 3.8) is 0 Å². The van der Waals surface area contributed by atoms with Gasteiger partial charge in [-0.25, -0.2) is 0 Å². The number of amides is 1. The smallest absolute Gasteiger partial charge is 0.369 e. The highest BCUT2D eigenvalue weighted by Crippen LogP contribution is 2.34. The van der Waals surface area contributed by atoms with Crippen molar-refractivity contribution in [2.75, 3.05) is 39.3 Å². The van der Waals surface area contributed by atoms with E-state index in [4.69, 9.17) is 4.74 Å². The Labute approximate surface area is 172 Å². The van der Waals surface area contributed by atoms with Crippen LogP contribution in [-0.2, 0) is 15.7 Å². The molecule has 0 aliphatic carbocycles. The maximum atomic E-state index is 13.1. The molecule has 1 aromatic carbocycles. The van der Waals surface area contributed by atoms with Crippen molar-refractivity contribution in [2.45, 2.75) is 25.1 Å². The third-order valence-electron chi connectivity index (χ3n) is 5.46. The Morgan fingerprint density at radius 1 is 1.13 bits per heavy atom. The zero-order valence-electron chi connectivity index (χ0n) is 16.4. The van der Waals surface area contributed by atoms with Gasteiger partial charge in [0.05, 0.1) is 30.1 Å². The molecule has 2 aromatic rings. The molecule has 0 spiro atoms. The summed E-state index contributed by atoms with van der Waals surface area (Å²) in [5, 5.41) is 0. The maximum absolute atomic E-state index is 13.1. The normalized spacial score (nSPS) is 20.5. The Morgan fingerprint density at radius 2 is 1.90 bits per heavy atom. The molecule has 0 saturated carbocycles. The third kappa shape index (κ3) is 4.62. The number of benzene rings is 1. The van der Waals surface area contributed by atoms with E-state index in [0.29, 0.717) is 43.2 Å². The number of carbonyl (C=O) groups excluding carboxylic acids is 1. The Morgan fingerprint density at radius 3 is 2.67 bits per heavy atom. The third-order valence-corrected chi connectivity index (χ3v) is 5.46. The zero-order chi connectivity index (χ0) is 21.1. The summed E-state index contributed by atoms with van der Waals surface area (Å²) in [6.07, 6.45) is 0.130. The fourth-order valence-electron chi connectivity index (χ4n) is 3.92. The number of carbonyl (C=O) groups is 1. The van der Waals surface area contributed by atoms with Gasteiger partial charge in [-0.05, 0) is 25.0 Å². The standard InChI is InChI=1S/C21H23F3N4O2/c22-21(23,24)16-5-3-4-15(12-16)19-20(26-7-6-25-19)17-13-27(10-11-30-17)14-18(29)28-8-1-2-9-28/h3-7,12,17H,1-2,8-11,13-14H2. The highest BCUT2D eigenvalue weighted by atomic mass is 19.4. The van der Waals surface area contributed by atoms with Gasteiger partial charge >= 0.3 is 6.18 Å². The lowest BCUT2D eigenvalue weighted by Crippen LogP contribution is -2.45. The van der Waals surface area contributed by atoms with E-state index in [0.717, 1.165) is 38.1 Å².